The van der Waals surface area contributed by atoms with E-state index in [0.717, 1.165) is 4.90 Å². The minimum Gasteiger partial charge on any atom is -0.466 e. The standard InChI is InChI=1S/C13H13N3O4/c1-8-6-9(15-20-8)7-16-11(17)13(2,14-12(16)18)10-4-3-5-19-10/h3-6H,7H2,1-2H3,(H,14,18). The summed E-state index contributed by atoms with van der Waals surface area (Å²) in [7, 11) is 0. The fraction of sp³-hybridized carbons (Fsp3) is 0.308. The Kier molecular flexibility index (Phi) is 2.63. The fourth-order valence-corrected chi connectivity index (χ4v) is 2.23. The van der Waals surface area contributed by atoms with Gasteiger partial charge in [-0.25, -0.2) is 4.79 Å². The number of hydrogen-bond donors (Lipinski definition) is 1. The third-order valence-electron chi connectivity index (χ3n) is 3.29. The van der Waals surface area contributed by atoms with Crippen LogP contribution in [0.4, 0.5) is 4.79 Å². The highest BCUT2D eigenvalue weighted by Crippen LogP contribution is 2.29. The van der Waals surface area contributed by atoms with E-state index in [2.05, 4.69) is 10.5 Å². The van der Waals surface area contributed by atoms with Crippen LogP contribution in [-0.4, -0.2) is 22.0 Å². The van der Waals surface area contributed by atoms with Crippen LogP contribution in [0.25, 0.3) is 0 Å². The molecule has 1 aliphatic rings. The molecule has 7 heteroatoms. The number of urea groups is 1. The molecule has 0 aromatic carbocycles. The van der Waals surface area contributed by atoms with Crippen LogP contribution in [0.15, 0.2) is 33.4 Å². The van der Waals surface area contributed by atoms with Crippen LogP contribution in [0.2, 0.25) is 0 Å². The number of hydrogen-bond acceptors (Lipinski definition) is 5. The predicted octanol–water partition coefficient (Wildman–Crippen LogP) is 1.54. The molecule has 1 atom stereocenters. The molecule has 3 rings (SSSR count). The van der Waals surface area contributed by atoms with Crippen molar-refractivity contribution >= 4 is 11.9 Å². The number of carbonyl (C=O) groups is 2. The van der Waals surface area contributed by atoms with Crippen LogP contribution in [0, 0.1) is 6.92 Å². The van der Waals surface area contributed by atoms with Crippen LogP contribution in [-0.2, 0) is 16.9 Å². The van der Waals surface area contributed by atoms with Crippen LogP contribution >= 0.6 is 0 Å². The molecule has 1 aliphatic heterocycles. The van der Waals surface area contributed by atoms with E-state index in [1.165, 1.54) is 6.26 Å². The quantitative estimate of drug-likeness (QED) is 0.858. The van der Waals surface area contributed by atoms with Crippen LogP contribution < -0.4 is 5.32 Å². The average Bonchev–Trinajstić information content (AvgIpc) is 3.09. The molecule has 1 saturated heterocycles. The molecule has 3 amide bonds. The van der Waals surface area contributed by atoms with Crippen molar-refractivity contribution in [1.82, 2.24) is 15.4 Å². The second-order valence-electron chi connectivity index (χ2n) is 4.85. The van der Waals surface area contributed by atoms with Gasteiger partial charge in [0.25, 0.3) is 5.91 Å². The Morgan fingerprint density at radius 3 is 2.85 bits per heavy atom. The number of aryl methyl sites for hydroxylation is 1. The minimum absolute atomic E-state index is 0.0678. The molecule has 104 valence electrons. The molecule has 1 unspecified atom stereocenters. The molecular formula is C13H13N3O4. The molecule has 20 heavy (non-hydrogen) atoms. The van der Waals surface area contributed by atoms with Crippen molar-refractivity contribution in [2.75, 3.05) is 0 Å². The Morgan fingerprint density at radius 1 is 1.45 bits per heavy atom. The number of carbonyl (C=O) groups excluding carboxylic acids is 2. The third-order valence-corrected chi connectivity index (χ3v) is 3.29. The van der Waals surface area contributed by atoms with Crippen molar-refractivity contribution in [3.05, 3.63) is 41.7 Å². The van der Waals surface area contributed by atoms with Crippen molar-refractivity contribution in [3.8, 4) is 0 Å². The van der Waals surface area contributed by atoms with Crippen molar-refractivity contribution in [3.63, 3.8) is 0 Å². The van der Waals surface area contributed by atoms with Crippen LogP contribution in [0.3, 0.4) is 0 Å². The van der Waals surface area contributed by atoms with E-state index in [4.69, 9.17) is 8.94 Å². The van der Waals surface area contributed by atoms with Gasteiger partial charge in [-0.1, -0.05) is 5.16 Å². The van der Waals surface area contributed by atoms with E-state index < -0.39 is 11.6 Å². The molecule has 3 heterocycles. The highest BCUT2D eigenvalue weighted by Gasteiger charge is 2.51. The second kappa shape index (κ2) is 4.22. The van der Waals surface area contributed by atoms with E-state index in [1.807, 2.05) is 0 Å². The largest absolute Gasteiger partial charge is 0.466 e. The molecular weight excluding hydrogens is 262 g/mol. The Balaban J connectivity index is 1.87. The Hall–Kier alpha value is -2.57. The zero-order valence-electron chi connectivity index (χ0n) is 11.0. The Labute approximate surface area is 114 Å². The van der Waals surface area contributed by atoms with Gasteiger partial charge < -0.3 is 14.3 Å². The highest BCUT2D eigenvalue weighted by atomic mass is 16.5. The molecule has 2 aromatic rings. The number of amides is 3. The number of nitrogens with zero attached hydrogens (tertiary/aromatic N) is 2. The molecule has 0 radical (unpaired) electrons. The summed E-state index contributed by atoms with van der Waals surface area (Å²) in [4.78, 5) is 25.6. The lowest BCUT2D eigenvalue weighted by molar-refractivity contribution is -0.132. The van der Waals surface area contributed by atoms with Crippen molar-refractivity contribution in [2.24, 2.45) is 0 Å². The third kappa shape index (κ3) is 1.78. The first kappa shape index (κ1) is 12.5. The normalized spacial score (nSPS) is 22.4. The van der Waals surface area contributed by atoms with E-state index in [-0.39, 0.29) is 12.5 Å². The SMILES string of the molecule is Cc1cc(CN2C(=O)NC(C)(c3ccco3)C2=O)no1. The van der Waals surface area contributed by atoms with Gasteiger partial charge in [0.05, 0.1) is 12.8 Å². The average molecular weight is 275 g/mol. The van der Waals surface area contributed by atoms with Gasteiger partial charge in [0.2, 0.25) is 0 Å². The number of rotatable bonds is 3. The first-order valence-corrected chi connectivity index (χ1v) is 6.11. The smallest absolute Gasteiger partial charge is 0.325 e. The van der Waals surface area contributed by atoms with Gasteiger partial charge in [0.15, 0.2) is 5.54 Å². The zero-order valence-corrected chi connectivity index (χ0v) is 11.0. The molecule has 2 aromatic heterocycles. The lowest BCUT2D eigenvalue weighted by Crippen LogP contribution is -2.40. The summed E-state index contributed by atoms with van der Waals surface area (Å²) in [6.07, 6.45) is 1.46. The Morgan fingerprint density at radius 2 is 2.25 bits per heavy atom. The topological polar surface area (TPSA) is 88.6 Å². The maximum Gasteiger partial charge on any atom is 0.325 e. The molecule has 0 aliphatic carbocycles. The van der Waals surface area contributed by atoms with Gasteiger partial charge in [-0.2, -0.15) is 0 Å². The summed E-state index contributed by atoms with van der Waals surface area (Å²) < 4.78 is 10.2. The number of aromatic nitrogens is 1. The van der Waals surface area contributed by atoms with E-state index in [0.29, 0.717) is 17.2 Å². The molecule has 7 nitrogen and oxygen atoms in total. The lowest BCUT2D eigenvalue weighted by atomic mass is 9.99. The van der Waals surface area contributed by atoms with Gasteiger partial charge in [-0.05, 0) is 26.0 Å². The maximum absolute atomic E-state index is 12.5. The second-order valence-corrected chi connectivity index (χ2v) is 4.85. The molecule has 1 fully saturated rings. The Bertz CT molecular complexity index is 661. The van der Waals surface area contributed by atoms with Crippen molar-refractivity contribution in [1.29, 1.82) is 0 Å². The van der Waals surface area contributed by atoms with Gasteiger partial charge in [-0.15, -0.1) is 0 Å². The monoisotopic (exact) mass is 275 g/mol. The van der Waals surface area contributed by atoms with Gasteiger partial charge in [-0.3, -0.25) is 9.69 Å². The summed E-state index contributed by atoms with van der Waals surface area (Å²) in [5.74, 6) is 0.647. The predicted molar refractivity (Wildman–Crippen MR) is 66.4 cm³/mol. The number of furan rings is 1. The van der Waals surface area contributed by atoms with Gasteiger partial charge in [0, 0.05) is 6.07 Å². The first-order valence-electron chi connectivity index (χ1n) is 6.11. The van der Waals surface area contributed by atoms with Crippen molar-refractivity contribution in [2.45, 2.75) is 25.9 Å². The van der Waals surface area contributed by atoms with E-state index >= 15 is 0 Å². The van der Waals surface area contributed by atoms with E-state index in [9.17, 15) is 9.59 Å². The molecule has 0 spiro atoms. The number of nitrogens with one attached hydrogen (secondary N) is 1. The zero-order chi connectivity index (χ0) is 14.3. The van der Waals surface area contributed by atoms with Gasteiger partial charge >= 0.3 is 6.03 Å². The molecule has 0 saturated carbocycles. The summed E-state index contributed by atoms with van der Waals surface area (Å²) in [5.41, 5.74) is -0.658. The summed E-state index contributed by atoms with van der Waals surface area (Å²) in [6.45, 7) is 3.42. The lowest BCUT2D eigenvalue weighted by Gasteiger charge is -2.18. The van der Waals surface area contributed by atoms with Crippen LogP contribution in [0.5, 0.6) is 0 Å². The first-order chi connectivity index (χ1) is 9.50. The summed E-state index contributed by atoms with van der Waals surface area (Å²) >= 11 is 0. The van der Waals surface area contributed by atoms with E-state index in [1.54, 1.807) is 32.0 Å². The highest BCUT2D eigenvalue weighted by molar-refractivity contribution is 6.06. The summed E-state index contributed by atoms with van der Waals surface area (Å²) in [5, 5.41) is 6.43. The van der Waals surface area contributed by atoms with Crippen LogP contribution in [0.1, 0.15) is 24.1 Å². The van der Waals surface area contributed by atoms with Gasteiger partial charge in [0.1, 0.15) is 17.2 Å². The number of imide groups is 1. The summed E-state index contributed by atoms with van der Waals surface area (Å²) in [6, 6.07) is 4.53. The van der Waals surface area contributed by atoms with Crippen molar-refractivity contribution < 1.29 is 18.5 Å². The molecule has 0 bridgehead atoms. The molecule has 1 N–H and O–H groups in total. The fourth-order valence-electron chi connectivity index (χ4n) is 2.23. The minimum atomic E-state index is -1.18. The maximum atomic E-state index is 12.5.